The molecular formula is C26H33N3O5S2. The van der Waals surface area contributed by atoms with E-state index in [1.165, 1.54) is 0 Å². The van der Waals surface area contributed by atoms with E-state index in [1.54, 1.807) is 18.4 Å². The van der Waals surface area contributed by atoms with Crippen LogP contribution in [0, 0.1) is 5.41 Å². The zero-order chi connectivity index (χ0) is 26.1. The fourth-order valence-corrected chi connectivity index (χ4v) is 5.43. The van der Waals surface area contributed by atoms with Gasteiger partial charge in [-0.25, -0.2) is 13.1 Å². The van der Waals surface area contributed by atoms with E-state index >= 15 is 0 Å². The highest BCUT2D eigenvalue weighted by Crippen LogP contribution is 2.45. The second-order valence-corrected chi connectivity index (χ2v) is 12.9. The zero-order valence-electron chi connectivity index (χ0n) is 21.3. The molecule has 3 aromatic rings. The average Bonchev–Trinajstić information content (AvgIpc) is 3.46. The summed E-state index contributed by atoms with van der Waals surface area (Å²) in [4.78, 5) is 14.3. The molecule has 0 unspecified atom stereocenters. The Morgan fingerprint density at radius 1 is 1.17 bits per heavy atom. The summed E-state index contributed by atoms with van der Waals surface area (Å²) in [5, 5.41) is 5.12. The van der Waals surface area contributed by atoms with Crippen molar-refractivity contribution in [3.63, 3.8) is 0 Å². The van der Waals surface area contributed by atoms with Crippen LogP contribution in [0.25, 0.3) is 21.7 Å². The first-order valence-corrected chi connectivity index (χ1v) is 14.6. The van der Waals surface area contributed by atoms with E-state index in [0.717, 1.165) is 39.9 Å². The average molecular weight is 532 g/mol. The number of benzene rings is 1. The number of sulfonamides is 1. The molecule has 2 aromatic heterocycles. The monoisotopic (exact) mass is 531 g/mol. The molecule has 0 bridgehead atoms. The van der Waals surface area contributed by atoms with Crippen LogP contribution in [-0.2, 0) is 23.0 Å². The number of rotatable bonds is 9. The van der Waals surface area contributed by atoms with Gasteiger partial charge in [-0.1, -0.05) is 26.8 Å². The van der Waals surface area contributed by atoms with Gasteiger partial charge in [0.2, 0.25) is 10.0 Å². The minimum absolute atomic E-state index is 0.0229. The molecule has 2 N–H and O–H groups in total. The summed E-state index contributed by atoms with van der Waals surface area (Å²) in [6.45, 7) is 7.83. The van der Waals surface area contributed by atoms with Crippen LogP contribution in [0.3, 0.4) is 0 Å². The van der Waals surface area contributed by atoms with Crippen LogP contribution in [0.5, 0.6) is 11.5 Å². The lowest BCUT2D eigenvalue weighted by atomic mass is 9.95. The standard InChI is InChI=1S/C26H33N3O5S2/c1-26(2,3)16-27-25(30)20-14-19(23-7-6-12-35-23)24-18-15-22(34-11-9-28-36(5,31)32)21(33-4)13-17(18)8-10-29(20)24/h6-7,12-15,28H,8-11,16H2,1-5H3,(H,27,30). The van der Waals surface area contributed by atoms with Crippen LogP contribution < -0.4 is 19.5 Å². The second-order valence-electron chi connectivity index (χ2n) is 10.1. The summed E-state index contributed by atoms with van der Waals surface area (Å²) in [6, 6.07) is 9.96. The van der Waals surface area contributed by atoms with Gasteiger partial charge in [-0.05, 0) is 47.0 Å². The third-order valence-electron chi connectivity index (χ3n) is 5.87. The number of methoxy groups -OCH3 is 1. The first-order valence-electron chi connectivity index (χ1n) is 11.8. The van der Waals surface area contributed by atoms with E-state index in [0.29, 0.717) is 30.3 Å². The summed E-state index contributed by atoms with van der Waals surface area (Å²) in [5.74, 6) is 1.03. The minimum Gasteiger partial charge on any atom is -0.493 e. The van der Waals surface area contributed by atoms with E-state index in [-0.39, 0.29) is 24.5 Å². The Morgan fingerprint density at radius 2 is 1.94 bits per heavy atom. The second kappa shape index (κ2) is 10.3. The Kier molecular flexibility index (Phi) is 7.49. The first kappa shape index (κ1) is 26.2. The maximum absolute atomic E-state index is 13.3. The third-order valence-corrected chi connectivity index (χ3v) is 7.50. The van der Waals surface area contributed by atoms with Gasteiger partial charge in [-0.15, -0.1) is 11.3 Å². The van der Waals surface area contributed by atoms with Crippen molar-refractivity contribution < 1.29 is 22.7 Å². The Labute approximate surface area is 216 Å². The summed E-state index contributed by atoms with van der Waals surface area (Å²) in [7, 11) is -1.71. The fourth-order valence-electron chi connectivity index (χ4n) is 4.24. The summed E-state index contributed by atoms with van der Waals surface area (Å²) >= 11 is 1.63. The molecule has 1 amide bonds. The van der Waals surface area contributed by atoms with Gasteiger partial charge in [-0.2, -0.15) is 0 Å². The van der Waals surface area contributed by atoms with Crippen LogP contribution in [0.15, 0.2) is 35.7 Å². The number of nitrogens with one attached hydrogen (secondary N) is 2. The van der Waals surface area contributed by atoms with Gasteiger partial charge >= 0.3 is 0 Å². The minimum atomic E-state index is -3.30. The molecular weight excluding hydrogens is 498 g/mol. The molecule has 1 aliphatic heterocycles. The van der Waals surface area contributed by atoms with Gasteiger partial charge in [-0.3, -0.25) is 4.79 Å². The zero-order valence-corrected chi connectivity index (χ0v) is 22.9. The number of aromatic nitrogens is 1. The van der Waals surface area contributed by atoms with Crippen LogP contribution >= 0.6 is 11.3 Å². The van der Waals surface area contributed by atoms with Crippen molar-refractivity contribution in [1.82, 2.24) is 14.6 Å². The molecule has 0 saturated heterocycles. The molecule has 194 valence electrons. The summed E-state index contributed by atoms with van der Waals surface area (Å²) in [6.07, 6.45) is 1.86. The largest absolute Gasteiger partial charge is 0.493 e. The molecule has 10 heteroatoms. The maximum atomic E-state index is 13.3. The lowest BCUT2D eigenvalue weighted by Gasteiger charge is -2.25. The van der Waals surface area contributed by atoms with E-state index < -0.39 is 10.0 Å². The number of carbonyl (C=O) groups is 1. The number of carbonyl (C=O) groups excluding carboxylic acids is 1. The van der Waals surface area contributed by atoms with Crippen LogP contribution in [0.2, 0.25) is 0 Å². The number of ether oxygens (including phenoxy) is 2. The Hall–Kier alpha value is -2.82. The molecule has 4 rings (SSSR count). The lowest BCUT2D eigenvalue weighted by molar-refractivity contribution is 0.0930. The van der Waals surface area contributed by atoms with Crippen LogP contribution in [0.1, 0.15) is 36.8 Å². The number of hydrogen-bond acceptors (Lipinski definition) is 6. The van der Waals surface area contributed by atoms with Crippen molar-refractivity contribution in [2.75, 3.05) is 33.1 Å². The van der Waals surface area contributed by atoms with Gasteiger partial charge in [0, 0.05) is 35.6 Å². The number of aryl methyl sites for hydroxylation is 1. The third kappa shape index (κ3) is 5.93. The molecule has 1 aliphatic rings. The van der Waals surface area contributed by atoms with Crippen molar-refractivity contribution in [3.05, 3.63) is 47.0 Å². The molecule has 0 fully saturated rings. The maximum Gasteiger partial charge on any atom is 0.267 e. The number of nitrogens with zero attached hydrogens (tertiary/aromatic N) is 1. The Balaban J connectivity index is 1.75. The topological polar surface area (TPSA) is 98.7 Å². The van der Waals surface area contributed by atoms with Crippen molar-refractivity contribution >= 4 is 27.3 Å². The Bertz CT molecular complexity index is 1350. The summed E-state index contributed by atoms with van der Waals surface area (Å²) < 4.78 is 38.8. The number of amides is 1. The van der Waals surface area contributed by atoms with E-state index in [1.807, 2.05) is 29.6 Å². The molecule has 3 heterocycles. The molecule has 0 aliphatic carbocycles. The molecule has 36 heavy (non-hydrogen) atoms. The van der Waals surface area contributed by atoms with Gasteiger partial charge in [0.05, 0.1) is 19.1 Å². The number of hydrogen-bond donors (Lipinski definition) is 2. The summed E-state index contributed by atoms with van der Waals surface area (Å²) in [5.41, 5.74) is 4.68. The predicted molar refractivity (Wildman–Crippen MR) is 144 cm³/mol. The van der Waals surface area contributed by atoms with E-state index in [2.05, 4.69) is 41.4 Å². The van der Waals surface area contributed by atoms with Gasteiger partial charge in [0.15, 0.2) is 11.5 Å². The first-order chi connectivity index (χ1) is 17.0. The predicted octanol–water partition coefficient (Wildman–Crippen LogP) is 4.15. The SMILES string of the molecule is COc1cc2c(cc1OCCNS(C)(=O)=O)-c1c(-c3cccs3)cc(C(=O)NCC(C)(C)C)n1CC2. The highest BCUT2D eigenvalue weighted by Gasteiger charge is 2.29. The normalized spacial score (nSPS) is 13.1. The Morgan fingerprint density at radius 3 is 2.58 bits per heavy atom. The van der Waals surface area contributed by atoms with Gasteiger partial charge in [0.25, 0.3) is 5.91 Å². The molecule has 0 saturated carbocycles. The van der Waals surface area contributed by atoms with Gasteiger partial charge in [0.1, 0.15) is 12.3 Å². The van der Waals surface area contributed by atoms with Crippen molar-refractivity contribution in [1.29, 1.82) is 0 Å². The molecule has 0 atom stereocenters. The van der Waals surface area contributed by atoms with E-state index in [9.17, 15) is 13.2 Å². The lowest BCUT2D eigenvalue weighted by Crippen LogP contribution is -2.33. The fraction of sp³-hybridized carbons (Fsp3) is 0.423. The highest BCUT2D eigenvalue weighted by molar-refractivity contribution is 7.88. The highest BCUT2D eigenvalue weighted by atomic mass is 32.2. The smallest absolute Gasteiger partial charge is 0.267 e. The quantitative estimate of drug-likeness (QED) is 0.404. The van der Waals surface area contributed by atoms with Crippen molar-refractivity contribution in [3.8, 4) is 33.2 Å². The molecule has 0 radical (unpaired) electrons. The molecule has 8 nitrogen and oxygen atoms in total. The van der Waals surface area contributed by atoms with E-state index in [4.69, 9.17) is 9.47 Å². The number of thiophene rings is 1. The van der Waals surface area contributed by atoms with Crippen LogP contribution in [0.4, 0.5) is 0 Å². The van der Waals surface area contributed by atoms with Gasteiger partial charge < -0.3 is 19.4 Å². The molecule has 1 aromatic carbocycles. The van der Waals surface area contributed by atoms with Crippen LogP contribution in [-0.4, -0.2) is 52.0 Å². The van der Waals surface area contributed by atoms with Crippen molar-refractivity contribution in [2.24, 2.45) is 5.41 Å². The number of fused-ring (bicyclic) bond motifs is 3. The molecule has 0 spiro atoms. The van der Waals surface area contributed by atoms with Crippen molar-refractivity contribution in [2.45, 2.75) is 33.7 Å².